The number of aromatic nitrogens is 4. The van der Waals surface area contributed by atoms with Crippen molar-refractivity contribution in [2.75, 3.05) is 5.32 Å². The van der Waals surface area contributed by atoms with Gasteiger partial charge in [0.2, 0.25) is 17.7 Å². The highest BCUT2D eigenvalue weighted by Crippen LogP contribution is 2.25. The minimum Gasteiger partial charge on any atom is -0.439 e. The van der Waals surface area contributed by atoms with Crippen LogP contribution in [0.15, 0.2) is 106 Å². The van der Waals surface area contributed by atoms with Gasteiger partial charge in [-0.05, 0) is 72.3 Å². The Kier molecular flexibility index (Phi) is 10.9. The molecule has 0 spiro atoms. The number of hydrogen-bond donors (Lipinski definition) is 2. The minimum atomic E-state index is -4.37. The molecule has 18 heteroatoms. The van der Waals surface area contributed by atoms with Crippen molar-refractivity contribution in [3.63, 3.8) is 0 Å². The van der Waals surface area contributed by atoms with E-state index in [9.17, 15) is 36.0 Å². The van der Waals surface area contributed by atoms with Gasteiger partial charge < -0.3 is 14.8 Å². The molecule has 2 N–H and O–H groups in total. The van der Waals surface area contributed by atoms with Crippen molar-refractivity contribution in [2.24, 2.45) is 5.92 Å². The van der Waals surface area contributed by atoms with E-state index in [0.29, 0.717) is 26.6 Å². The number of carbonyl (C=O) groups excluding carboxylic acids is 1. The first-order valence-corrected chi connectivity index (χ1v) is 16.4. The van der Waals surface area contributed by atoms with Crippen molar-refractivity contribution < 1.29 is 35.9 Å². The van der Waals surface area contributed by atoms with Crippen LogP contribution in [0.5, 0.6) is 17.4 Å². The molecule has 0 fully saturated rings. The van der Waals surface area contributed by atoms with E-state index in [1.807, 2.05) is 4.72 Å². The van der Waals surface area contributed by atoms with E-state index in [4.69, 9.17) is 16.3 Å². The Bertz CT molecular complexity index is 2200. The van der Waals surface area contributed by atoms with Gasteiger partial charge >= 0.3 is 18.0 Å². The average Bonchev–Trinajstić information content (AvgIpc) is 3.07. The third-order valence-electron chi connectivity index (χ3n) is 6.93. The maximum absolute atomic E-state index is 13.8. The number of nitrogens with zero attached hydrogens (tertiary/aromatic N) is 4. The number of nitrogens with one attached hydrogen (secondary N) is 2. The summed E-state index contributed by atoms with van der Waals surface area (Å²) in [7, 11) is -4.37. The van der Waals surface area contributed by atoms with Crippen molar-refractivity contribution >= 4 is 39.2 Å². The van der Waals surface area contributed by atoms with E-state index in [1.165, 1.54) is 31.2 Å². The molecule has 0 saturated heterocycles. The number of pyridine rings is 1. The molecule has 0 aliphatic carbocycles. The molecule has 5 aromatic rings. The van der Waals surface area contributed by atoms with E-state index in [0.717, 1.165) is 35.0 Å². The molecule has 3 aromatic carbocycles. The molecule has 5 rings (SSSR count). The zero-order valence-electron chi connectivity index (χ0n) is 25.8. The van der Waals surface area contributed by atoms with Gasteiger partial charge in [-0.25, -0.2) is 36.7 Å². The molecule has 2 aromatic heterocycles. The second kappa shape index (κ2) is 15.3. The Morgan fingerprint density at radius 2 is 1.58 bits per heavy atom. The predicted octanol–water partition coefficient (Wildman–Crippen LogP) is 4.92. The van der Waals surface area contributed by atoms with Crippen molar-refractivity contribution in [1.82, 2.24) is 23.8 Å². The van der Waals surface area contributed by atoms with Crippen molar-refractivity contribution in [3.8, 4) is 17.4 Å². The fourth-order valence-corrected chi connectivity index (χ4v) is 5.62. The summed E-state index contributed by atoms with van der Waals surface area (Å²) in [6, 6.07) is 19.2. The van der Waals surface area contributed by atoms with Gasteiger partial charge in [-0.3, -0.25) is 9.36 Å². The van der Waals surface area contributed by atoms with Crippen molar-refractivity contribution in [1.29, 1.82) is 0 Å². The molecule has 13 nitrogen and oxygen atoms in total. The Morgan fingerprint density at radius 3 is 2.20 bits per heavy atom. The first-order valence-electron chi connectivity index (χ1n) is 14.5. The molecule has 260 valence electrons. The third-order valence-corrected chi connectivity index (χ3v) is 8.55. The highest BCUT2D eigenvalue weighted by Gasteiger charge is 2.24. The predicted molar refractivity (Wildman–Crippen MR) is 175 cm³/mol. The summed E-state index contributed by atoms with van der Waals surface area (Å²) in [5.74, 6) is -2.74. The van der Waals surface area contributed by atoms with Crippen LogP contribution in [0, 0.1) is 11.7 Å². The van der Waals surface area contributed by atoms with Gasteiger partial charge in [-0.15, -0.1) is 0 Å². The number of anilines is 2. The lowest BCUT2D eigenvalue weighted by atomic mass is 10.2. The van der Waals surface area contributed by atoms with Crippen LogP contribution in [0.4, 0.5) is 24.8 Å². The van der Waals surface area contributed by atoms with E-state index >= 15 is 0 Å². The van der Waals surface area contributed by atoms with Crippen LogP contribution in [0.2, 0.25) is 5.02 Å². The number of rotatable bonds is 13. The monoisotopic (exact) mass is 730 g/mol. The number of hydrogen-bond acceptors (Lipinski definition) is 10. The zero-order chi connectivity index (χ0) is 36.0. The second-order valence-corrected chi connectivity index (χ2v) is 12.7. The topological polar surface area (TPSA) is 164 Å². The van der Waals surface area contributed by atoms with E-state index < -0.39 is 52.2 Å². The van der Waals surface area contributed by atoms with E-state index in [1.54, 1.807) is 36.4 Å². The van der Waals surface area contributed by atoms with E-state index in [2.05, 4.69) is 20.0 Å². The SMILES string of the molecule is C[C@@H](Cn1c(=O)nc(Nc2ccc(Oc3ccc(OC(F)F)cn3)cc2)n(Cc2ccc(Cl)cc2)c1=O)C(=O)NS(=O)(=O)c1ccc(F)cc1. The number of halogens is 4. The zero-order valence-corrected chi connectivity index (χ0v) is 27.4. The molecule has 0 bridgehead atoms. The molecule has 1 amide bonds. The summed E-state index contributed by atoms with van der Waals surface area (Å²) >= 11 is 6.01. The second-order valence-electron chi connectivity index (χ2n) is 10.6. The molecule has 2 heterocycles. The molecule has 50 heavy (non-hydrogen) atoms. The summed E-state index contributed by atoms with van der Waals surface area (Å²) in [4.78, 5) is 47.4. The van der Waals surface area contributed by atoms with Crippen LogP contribution in [-0.2, 0) is 27.9 Å². The quantitative estimate of drug-likeness (QED) is 0.170. The summed E-state index contributed by atoms with van der Waals surface area (Å²) in [5, 5.41) is 3.38. The Labute approximate surface area is 287 Å². The van der Waals surface area contributed by atoms with Crippen LogP contribution in [0.3, 0.4) is 0 Å². The van der Waals surface area contributed by atoms with Gasteiger partial charge in [0.1, 0.15) is 17.3 Å². The van der Waals surface area contributed by atoms with Crippen molar-refractivity contribution in [3.05, 3.63) is 128 Å². The highest BCUT2D eigenvalue weighted by molar-refractivity contribution is 7.90. The van der Waals surface area contributed by atoms with Gasteiger partial charge in [-0.1, -0.05) is 30.7 Å². The Balaban J connectivity index is 1.37. The lowest BCUT2D eigenvalue weighted by molar-refractivity contribution is -0.123. The smallest absolute Gasteiger partial charge is 0.387 e. The van der Waals surface area contributed by atoms with Gasteiger partial charge in [0.25, 0.3) is 10.0 Å². The van der Waals surface area contributed by atoms with E-state index in [-0.39, 0.29) is 29.0 Å². The summed E-state index contributed by atoms with van der Waals surface area (Å²) in [6.45, 7) is -2.28. The van der Waals surface area contributed by atoms with Crippen LogP contribution in [0.1, 0.15) is 12.5 Å². The molecule has 0 radical (unpaired) electrons. The summed E-state index contributed by atoms with van der Waals surface area (Å²) in [6.07, 6.45) is 1.08. The van der Waals surface area contributed by atoms with Gasteiger partial charge in [0, 0.05) is 23.3 Å². The van der Waals surface area contributed by atoms with Crippen LogP contribution in [0.25, 0.3) is 0 Å². The first-order chi connectivity index (χ1) is 23.8. The number of alkyl halides is 2. The number of ether oxygens (including phenoxy) is 2. The summed E-state index contributed by atoms with van der Waals surface area (Å²) in [5.41, 5.74) is -0.868. The largest absolute Gasteiger partial charge is 0.439 e. The van der Waals surface area contributed by atoms with Crippen LogP contribution < -0.4 is 30.9 Å². The number of benzene rings is 3. The van der Waals surface area contributed by atoms with Crippen LogP contribution in [-0.4, -0.2) is 40.0 Å². The normalized spacial score (nSPS) is 12.0. The molecule has 1 atom stereocenters. The van der Waals surface area contributed by atoms with Gasteiger partial charge in [-0.2, -0.15) is 13.8 Å². The maximum atomic E-state index is 13.8. The average molecular weight is 731 g/mol. The Hall–Kier alpha value is -5.68. The van der Waals surface area contributed by atoms with Crippen molar-refractivity contribution in [2.45, 2.75) is 31.5 Å². The lowest BCUT2D eigenvalue weighted by Crippen LogP contribution is -2.46. The molecular formula is C32H26ClF3N6O7S. The molecule has 0 aliphatic rings. The molecular weight excluding hydrogens is 705 g/mol. The highest BCUT2D eigenvalue weighted by atomic mass is 35.5. The molecule has 0 unspecified atom stereocenters. The van der Waals surface area contributed by atoms with Gasteiger partial charge in [0.05, 0.1) is 23.6 Å². The summed E-state index contributed by atoms with van der Waals surface area (Å²) < 4.78 is 76.9. The number of sulfonamides is 1. The number of amides is 1. The fraction of sp³-hybridized carbons (Fsp3) is 0.156. The van der Waals surface area contributed by atoms with Gasteiger partial charge in [0.15, 0.2) is 0 Å². The van der Waals surface area contributed by atoms with Crippen LogP contribution >= 0.6 is 11.6 Å². The molecule has 0 aliphatic heterocycles. The third kappa shape index (κ3) is 9.06. The number of carbonyl (C=O) groups is 1. The Morgan fingerprint density at radius 1 is 0.920 bits per heavy atom. The molecule has 0 saturated carbocycles. The minimum absolute atomic E-state index is 0.0801. The fourth-order valence-electron chi connectivity index (χ4n) is 4.41. The lowest BCUT2D eigenvalue weighted by Gasteiger charge is -2.18. The maximum Gasteiger partial charge on any atom is 0.387 e. The standard InChI is InChI=1S/C32H26ClF3N6O7S/c1-19(28(43)40-50(46,47)26-13-6-22(34)7-14-26)17-42-31(44)39-30(41(32(42)45)18-20-2-4-21(33)5-3-20)38-23-8-10-24(11-9-23)48-27-15-12-25(16-37-27)49-29(35)36/h2-16,19,29H,17-18H2,1H3,(H,40,43)(H,38,39,44)/t19-/m0/s1. The first kappa shape index (κ1) is 35.6.